The second-order valence-electron chi connectivity index (χ2n) is 6.88. The van der Waals surface area contributed by atoms with E-state index in [1.54, 1.807) is 31.1 Å². The van der Waals surface area contributed by atoms with E-state index in [4.69, 9.17) is 4.52 Å². The minimum atomic E-state index is -0.0739. The zero-order valence-corrected chi connectivity index (χ0v) is 17.3. The van der Waals surface area contributed by atoms with E-state index in [9.17, 15) is 4.79 Å². The third-order valence-electron chi connectivity index (χ3n) is 4.65. The summed E-state index contributed by atoms with van der Waals surface area (Å²) in [7, 11) is 3.62. The van der Waals surface area contributed by atoms with Crippen LogP contribution < -0.4 is 5.56 Å². The fourth-order valence-electron chi connectivity index (χ4n) is 2.99. The molecule has 0 radical (unpaired) electrons. The van der Waals surface area contributed by atoms with E-state index in [0.717, 1.165) is 39.9 Å². The van der Waals surface area contributed by atoms with E-state index in [-0.39, 0.29) is 5.56 Å². The Bertz CT molecular complexity index is 1210. The molecule has 0 aliphatic heterocycles. The summed E-state index contributed by atoms with van der Waals surface area (Å²) in [6.45, 7) is 2.06. The molecule has 4 rings (SSSR count). The summed E-state index contributed by atoms with van der Waals surface area (Å²) in [5.74, 6) is 2.25. The zero-order chi connectivity index (χ0) is 20.4. The average Bonchev–Trinajstić information content (AvgIpc) is 3.32. The molecule has 0 saturated heterocycles. The molecule has 7 nitrogen and oxygen atoms in total. The summed E-state index contributed by atoms with van der Waals surface area (Å²) >= 11 is 1.60. The second-order valence-corrected chi connectivity index (χ2v) is 7.94. The van der Waals surface area contributed by atoms with Gasteiger partial charge in [-0.1, -0.05) is 40.7 Å². The van der Waals surface area contributed by atoms with Crippen molar-refractivity contribution in [1.82, 2.24) is 24.5 Å². The molecule has 29 heavy (non-hydrogen) atoms. The fourth-order valence-corrected chi connectivity index (χ4v) is 3.86. The molecule has 0 bridgehead atoms. The van der Waals surface area contributed by atoms with Crippen molar-refractivity contribution in [2.24, 2.45) is 14.1 Å². The summed E-state index contributed by atoms with van der Waals surface area (Å²) in [4.78, 5) is 11.9. The quantitative estimate of drug-likeness (QED) is 0.455. The molecule has 0 aliphatic rings. The Morgan fingerprint density at radius 2 is 1.93 bits per heavy atom. The normalized spacial score (nSPS) is 11.1. The van der Waals surface area contributed by atoms with E-state index in [0.29, 0.717) is 5.82 Å². The Morgan fingerprint density at radius 1 is 1.07 bits per heavy atom. The van der Waals surface area contributed by atoms with Crippen LogP contribution in [0.3, 0.4) is 0 Å². The van der Waals surface area contributed by atoms with Gasteiger partial charge < -0.3 is 13.7 Å². The van der Waals surface area contributed by atoms with Gasteiger partial charge in [0.25, 0.3) is 5.56 Å². The van der Waals surface area contributed by atoms with Crippen molar-refractivity contribution in [2.75, 3.05) is 5.75 Å². The van der Waals surface area contributed by atoms with Crippen LogP contribution >= 0.6 is 11.8 Å². The van der Waals surface area contributed by atoms with Gasteiger partial charge in [0.1, 0.15) is 0 Å². The van der Waals surface area contributed by atoms with Crippen LogP contribution in [0.4, 0.5) is 0 Å². The molecule has 0 saturated carbocycles. The highest BCUT2D eigenvalue weighted by atomic mass is 32.2. The molecule has 0 fully saturated rings. The molecular weight excluding hydrogens is 386 g/mol. The van der Waals surface area contributed by atoms with Crippen LogP contribution in [0.15, 0.2) is 63.1 Å². The molecule has 3 heterocycles. The van der Waals surface area contributed by atoms with Gasteiger partial charge in [-0.25, -0.2) is 0 Å². The summed E-state index contributed by atoms with van der Waals surface area (Å²) in [6, 6.07) is 13.6. The lowest BCUT2D eigenvalue weighted by Crippen LogP contribution is -2.14. The van der Waals surface area contributed by atoms with Crippen molar-refractivity contribution in [3.63, 3.8) is 0 Å². The maximum absolute atomic E-state index is 11.9. The first-order valence-electron chi connectivity index (χ1n) is 9.23. The number of pyridine rings is 1. The fraction of sp³-hybridized carbons (Fsp3) is 0.238. The SMILES string of the molecule is Cc1cccc(-c2cc(CCSc3nnc(-c4ccn(C)c(=O)c4)n3C)no2)c1. The molecule has 0 unspecified atom stereocenters. The minimum Gasteiger partial charge on any atom is -0.356 e. The van der Waals surface area contributed by atoms with Crippen LogP contribution in [0.2, 0.25) is 0 Å². The molecule has 0 atom stereocenters. The molecule has 0 aliphatic carbocycles. The van der Waals surface area contributed by atoms with E-state index < -0.39 is 0 Å². The van der Waals surface area contributed by atoms with Crippen molar-refractivity contribution < 1.29 is 4.52 Å². The lowest BCUT2D eigenvalue weighted by atomic mass is 10.1. The Balaban J connectivity index is 1.41. The first-order valence-corrected chi connectivity index (χ1v) is 10.2. The first kappa shape index (κ1) is 19.2. The van der Waals surface area contributed by atoms with E-state index in [1.165, 1.54) is 10.1 Å². The predicted molar refractivity (Wildman–Crippen MR) is 113 cm³/mol. The Hall–Kier alpha value is -3.13. The average molecular weight is 407 g/mol. The van der Waals surface area contributed by atoms with Gasteiger partial charge in [-0.05, 0) is 19.1 Å². The number of aromatic nitrogens is 5. The van der Waals surface area contributed by atoms with E-state index >= 15 is 0 Å². The predicted octanol–water partition coefficient (Wildman–Crippen LogP) is 3.48. The summed E-state index contributed by atoms with van der Waals surface area (Å²) in [5.41, 5.74) is 3.81. The second kappa shape index (κ2) is 8.08. The van der Waals surface area contributed by atoms with Crippen LogP contribution in [0.5, 0.6) is 0 Å². The highest BCUT2D eigenvalue weighted by Gasteiger charge is 2.13. The Morgan fingerprint density at radius 3 is 2.72 bits per heavy atom. The molecule has 0 N–H and O–H groups in total. The highest BCUT2D eigenvalue weighted by Crippen LogP contribution is 2.24. The van der Waals surface area contributed by atoms with Crippen LogP contribution in [0.1, 0.15) is 11.3 Å². The number of hydrogen-bond acceptors (Lipinski definition) is 6. The van der Waals surface area contributed by atoms with E-state index in [1.807, 2.05) is 35.9 Å². The van der Waals surface area contributed by atoms with Gasteiger partial charge >= 0.3 is 0 Å². The standard InChI is InChI=1S/C21H21N5O2S/c1-14-5-4-6-15(11-14)18-13-17(24-28-18)8-10-29-21-23-22-20(26(21)3)16-7-9-25(2)19(27)12-16/h4-7,9,11-13H,8,10H2,1-3H3. The van der Waals surface area contributed by atoms with E-state index in [2.05, 4.69) is 34.4 Å². The van der Waals surface area contributed by atoms with Gasteiger partial charge in [0, 0.05) is 55.7 Å². The lowest BCUT2D eigenvalue weighted by Gasteiger charge is -2.04. The lowest BCUT2D eigenvalue weighted by molar-refractivity contribution is 0.424. The summed E-state index contributed by atoms with van der Waals surface area (Å²) < 4.78 is 8.92. The van der Waals surface area contributed by atoms with Gasteiger partial charge in [-0.2, -0.15) is 0 Å². The van der Waals surface area contributed by atoms with Crippen molar-refractivity contribution in [2.45, 2.75) is 18.5 Å². The monoisotopic (exact) mass is 407 g/mol. The summed E-state index contributed by atoms with van der Waals surface area (Å²) in [5, 5.41) is 13.5. The maximum atomic E-state index is 11.9. The number of benzene rings is 1. The largest absolute Gasteiger partial charge is 0.356 e. The molecule has 4 aromatic rings. The number of rotatable bonds is 6. The molecule has 8 heteroatoms. The van der Waals surface area contributed by atoms with Crippen molar-refractivity contribution in [3.8, 4) is 22.7 Å². The maximum Gasteiger partial charge on any atom is 0.250 e. The Kier molecular flexibility index (Phi) is 5.35. The van der Waals surface area contributed by atoms with Crippen LogP contribution in [0, 0.1) is 6.92 Å². The minimum absolute atomic E-state index is 0.0739. The summed E-state index contributed by atoms with van der Waals surface area (Å²) in [6.07, 6.45) is 2.49. The van der Waals surface area contributed by atoms with Gasteiger partial charge in [-0.3, -0.25) is 4.79 Å². The van der Waals surface area contributed by atoms with Gasteiger partial charge in [0.2, 0.25) is 0 Å². The van der Waals surface area contributed by atoms with Gasteiger partial charge in [-0.15, -0.1) is 10.2 Å². The topological polar surface area (TPSA) is 78.7 Å². The molecule has 0 amide bonds. The number of aryl methyl sites for hydroxylation is 3. The van der Waals surface area contributed by atoms with Gasteiger partial charge in [0.05, 0.1) is 5.69 Å². The van der Waals surface area contributed by atoms with Crippen molar-refractivity contribution in [1.29, 1.82) is 0 Å². The highest BCUT2D eigenvalue weighted by molar-refractivity contribution is 7.99. The first-order chi connectivity index (χ1) is 14.0. The van der Waals surface area contributed by atoms with Gasteiger partial charge in [0.15, 0.2) is 16.7 Å². The molecule has 148 valence electrons. The zero-order valence-electron chi connectivity index (χ0n) is 16.5. The smallest absolute Gasteiger partial charge is 0.250 e. The number of nitrogens with zero attached hydrogens (tertiary/aromatic N) is 5. The number of thioether (sulfide) groups is 1. The third kappa shape index (κ3) is 4.17. The third-order valence-corrected chi connectivity index (χ3v) is 5.67. The van der Waals surface area contributed by atoms with Crippen LogP contribution in [-0.2, 0) is 20.5 Å². The van der Waals surface area contributed by atoms with Crippen molar-refractivity contribution >= 4 is 11.8 Å². The van der Waals surface area contributed by atoms with Crippen LogP contribution in [-0.4, -0.2) is 30.2 Å². The van der Waals surface area contributed by atoms with Crippen molar-refractivity contribution in [3.05, 3.63) is 70.3 Å². The molecule has 3 aromatic heterocycles. The molecular formula is C21H21N5O2S. The molecule has 1 aromatic carbocycles. The Labute approximate surface area is 172 Å². The van der Waals surface area contributed by atoms with Crippen LogP contribution in [0.25, 0.3) is 22.7 Å². The molecule has 0 spiro atoms. The number of hydrogen-bond donors (Lipinski definition) is 0.